The predicted octanol–water partition coefficient (Wildman–Crippen LogP) is 0.762. The van der Waals surface area contributed by atoms with E-state index in [9.17, 15) is 0 Å². The summed E-state index contributed by atoms with van der Waals surface area (Å²) in [7, 11) is 1.95. The van der Waals surface area contributed by atoms with Crippen molar-refractivity contribution in [2.45, 2.75) is 32.2 Å². The summed E-state index contributed by atoms with van der Waals surface area (Å²) < 4.78 is 7.29. The molecule has 0 bridgehead atoms. The lowest BCUT2D eigenvalue weighted by molar-refractivity contribution is 0.181. The number of hydrogen-bond donors (Lipinski definition) is 1. The van der Waals surface area contributed by atoms with Crippen LogP contribution in [0.4, 0.5) is 0 Å². The zero-order chi connectivity index (χ0) is 12.1. The van der Waals surface area contributed by atoms with Gasteiger partial charge in [-0.25, -0.2) is 4.98 Å². The van der Waals surface area contributed by atoms with E-state index in [4.69, 9.17) is 4.74 Å². The van der Waals surface area contributed by atoms with E-state index in [1.807, 2.05) is 11.7 Å². The number of hydrogen-bond acceptors (Lipinski definition) is 4. The van der Waals surface area contributed by atoms with Crippen LogP contribution in [0.1, 0.15) is 25.6 Å². The van der Waals surface area contributed by atoms with Crippen LogP contribution in [0.25, 0.3) is 0 Å². The quantitative estimate of drug-likeness (QED) is 0.795. The lowest BCUT2D eigenvalue weighted by Gasteiger charge is -2.20. The van der Waals surface area contributed by atoms with Crippen molar-refractivity contribution in [1.82, 2.24) is 20.1 Å². The highest BCUT2D eigenvalue weighted by Crippen LogP contribution is 2.19. The molecule has 2 rings (SSSR count). The van der Waals surface area contributed by atoms with Crippen molar-refractivity contribution >= 4 is 0 Å². The molecular weight excluding hydrogens is 216 g/mol. The smallest absolute Gasteiger partial charge is 0.138 e. The van der Waals surface area contributed by atoms with E-state index in [0.717, 1.165) is 32.0 Å². The zero-order valence-corrected chi connectivity index (χ0v) is 10.7. The minimum Gasteiger partial charge on any atom is -0.381 e. The highest BCUT2D eigenvalue weighted by Gasteiger charge is 2.21. The van der Waals surface area contributed by atoms with E-state index in [-0.39, 0.29) is 0 Å². The van der Waals surface area contributed by atoms with Crippen molar-refractivity contribution in [3.05, 3.63) is 12.2 Å². The van der Waals surface area contributed by atoms with Crippen LogP contribution in [0.15, 0.2) is 6.33 Å². The SMILES string of the molecule is CCNC(Cc1ncnn1C)CC1CCOC1. The largest absolute Gasteiger partial charge is 0.381 e. The van der Waals surface area contributed by atoms with Crippen LogP contribution in [0.5, 0.6) is 0 Å². The van der Waals surface area contributed by atoms with Gasteiger partial charge in [-0.1, -0.05) is 6.92 Å². The van der Waals surface area contributed by atoms with Crippen molar-refractivity contribution in [1.29, 1.82) is 0 Å². The van der Waals surface area contributed by atoms with E-state index < -0.39 is 0 Å². The number of nitrogens with one attached hydrogen (secondary N) is 1. The fraction of sp³-hybridized carbons (Fsp3) is 0.833. The molecule has 0 spiro atoms. The molecule has 5 heteroatoms. The third-order valence-corrected chi connectivity index (χ3v) is 3.37. The van der Waals surface area contributed by atoms with Gasteiger partial charge in [0.1, 0.15) is 12.2 Å². The number of aromatic nitrogens is 3. The van der Waals surface area contributed by atoms with Crippen LogP contribution in [0.2, 0.25) is 0 Å². The monoisotopic (exact) mass is 238 g/mol. The fourth-order valence-electron chi connectivity index (χ4n) is 2.42. The number of ether oxygens (including phenoxy) is 1. The van der Waals surface area contributed by atoms with Gasteiger partial charge in [0.15, 0.2) is 0 Å². The van der Waals surface area contributed by atoms with Gasteiger partial charge in [-0.05, 0) is 25.3 Å². The van der Waals surface area contributed by atoms with Crippen LogP contribution in [0.3, 0.4) is 0 Å². The van der Waals surface area contributed by atoms with Gasteiger partial charge in [-0.2, -0.15) is 5.10 Å². The van der Waals surface area contributed by atoms with E-state index in [2.05, 4.69) is 22.3 Å². The molecule has 1 fully saturated rings. The molecule has 0 aliphatic carbocycles. The van der Waals surface area contributed by atoms with E-state index in [0.29, 0.717) is 12.0 Å². The summed E-state index contributed by atoms with van der Waals surface area (Å²) in [5.41, 5.74) is 0. The standard InChI is InChI=1S/C12H22N4O/c1-3-13-11(6-10-4-5-17-8-10)7-12-14-9-15-16(12)2/h9-11,13H,3-8H2,1-2H3. The number of rotatable bonds is 6. The van der Waals surface area contributed by atoms with Gasteiger partial charge >= 0.3 is 0 Å². The molecule has 0 radical (unpaired) electrons. The van der Waals surface area contributed by atoms with Crippen LogP contribution >= 0.6 is 0 Å². The predicted molar refractivity (Wildman–Crippen MR) is 65.7 cm³/mol. The van der Waals surface area contributed by atoms with Gasteiger partial charge in [0.2, 0.25) is 0 Å². The molecule has 1 aromatic rings. The molecule has 1 aromatic heterocycles. The molecular formula is C12H22N4O. The molecule has 0 saturated carbocycles. The minimum atomic E-state index is 0.481. The average Bonchev–Trinajstić information content (AvgIpc) is 2.92. The van der Waals surface area contributed by atoms with Crippen molar-refractivity contribution in [3.8, 4) is 0 Å². The highest BCUT2D eigenvalue weighted by atomic mass is 16.5. The Labute approximate surface area is 103 Å². The van der Waals surface area contributed by atoms with Crippen molar-refractivity contribution in [3.63, 3.8) is 0 Å². The lowest BCUT2D eigenvalue weighted by Crippen LogP contribution is -2.34. The Morgan fingerprint density at radius 3 is 3.12 bits per heavy atom. The molecule has 1 saturated heterocycles. The van der Waals surface area contributed by atoms with Gasteiger partial charge in [-0.3, -0.25) is 4.68 Å². The van der Waals surface area contributed by atoms with Gasteiger partial charge in [0.25, 0.3) is 0 Å². The fourth-order valence-corrected chi connectivity index (χ4v) is 2.42. The lowest BCUT2D eigenvalue weighted by atomic mass is 9.97. The van der Waals surface area contributed by atoms with E-state index >= 15 is 0 Å². The van der Waals surface area contributed by atoms with Crippen LogP contribution in [-0.2, 0) is 18.2 Å². The van der Waals surface area contributed by atoms with Gasteiger partial charge in [-0.15, -0.1) is 0 Å². The summed E-state index contributed by atoms with van der Waals surface area (Å²) in [6, 6.07) is 0.481. The summed E-state index contributed by atoms with van der Waals surface area (Å²) in [5.74, 6) is 1.75. The first-order valence-corrected chi connectivity index (χ1v) is 6.43. The third kappa shape index (κ3) is 3.51. The van der Waals surface area contributed by atoms with Crippen LogP contribution in [-0.4, -0.2) is 40.6 Å². The molecule has 0 aromatic carbocycles. The van der Waals surface area contributed by atoms with Crippen LogP contribution < -0.4 is 5.32 Å². The molecule has 2 heterocycles. The topological polar surface area (TPSA) is 52.0 Å². The molecule has 1 aliphatic heterocycles. The Morgan fingerprint density at radius 1 is 1.65 bits per heavy atom. The minimum absolute atomic E-state index is 0.481. The number of nitrogens with zero attached hydrogens (tertiary/aromatic N) is 3. The summed E-state index contributed by atoms with van der Waals surface area (Å²) in [5, 5.41) is 7.65. The second-order valence-electron chi connectivity index (χ2n) is 4.72. The molecule has 17 heavy (non-hydrogen) atoms. The molecule has 0 amide bonds. The van der Waals surface area contributed by atoms with E-state index in [1.165, 1.54) is 12.8 Å². The van der Waals surface area contributed by atoms with E-state index in [1.54, 1.807) is 6.33 Å². The molecule has 1 N–H and O–H groups in total. The number of likely N-dealkylation sites (N-methyl/N-ethyl adjacent to an activating group) is 1. The molecule has 96 valence electrons. The maximum absolute atomic E-state index is 5.43. The Bertz CT molecular complexity index is 333. The molecule has 1 aliphatic rings. The Kier molecular flexibility index (Phi) is 4.50. The summed E-state index contributed by atoms with van der Waals surface area (Å²) in [6.45, 7) is 4.99. The van der Waals surface area contributed by atoms with Crippen molar-refractivity contribution < 1.29 is 4.74 Å². The average molecular weight is 238 g/mol. The maximum Gasteiger partial charge on any atom is 0.138 e. The Hall–Kier alpha value is -0.940. The molecule has 2 unspecified atom stereocenters. The maximum atomic E-state index is 5.43. The third-order valence-electron chi connectivity index (χ3n) is 3.37. The van der Waals surface area contributed by atoms with Gasteiger partial charge in [0.05, 0.1) is 0 Å². The number of aryl methyl sites for hydroxylation is 1. The Morgan fingerprint density at radius 2 is 2.53 bits per heavy atom. The second-order valence-corrected chi connectivity index (χ2v) is 4.72. The van der Waals surface area contributed by atoms with Crippen molar-refractivity contribution in [2.24, 2.45) is 13.0 Å². The second kappa shape index (κ2) is 6.12. The van der Waals surface area contributed by atoms with Gasteiger partial charge < -0.3 is 10.1 Å². The highest BCUT2D eigenvalue weighted by molar-refractivity contribution is 4.90. The summed E-state index contributed by atoms with van der Waals surface area (Å²) >= 11 is 0. The van der Waals surface area contributed by atoms with Gasteiger partial charge in [0, 0.05) is 32.7 Å². The Balaban J connectivity index is 1.89. The summed E-state index contributed by atoms with van der Waals surface area (Å²) in [4.78, 5) is 4.29. The first-order valence-electron chi connectivity index (χ1n) is 6.43. The molecule has 2 atom stereocenters. The molecule has 5 nitrogen and oxygen atoms in total. The van der Waals surface area contributed by atoms with Crippen LogP contribution in [0, 0.1) is 5.92 Å². The zero-order valence-electron chi connectivity index (χ0n) is 10.7. The first-order chi connectivity index (χ1) is 8.29. The normalized spacial score (nSPS) is 21.9. The summed E-state index contributed by atoms with van der Waals surface area (Å²) in [6.07, 6.45) is 4.93. The first kappa shape index (κ1) is 12.5. The van der Waals surface area contributed by atoms with Crippen molar-refractivity contribution in [2.75, 3.05) is 19.8 Å².